The third kappa shape index (κ3) is 5.64. The number of carbonyl (C=O) groups is 2. The van der Waals surface area contributed by atoms with Crippen molar-refractivity contribution in [2.45, 2.75) is 6.92 Å². The fourth-order valence-corrected chi connectivity index (χ4v) is 3.92. The molecule has 32 heavy (non-hydrogen) atoms. The largest absolute Gasteiger partial charge is 0.457 e. The first kappa shape index (κ1) is 22.8. The van der Waals surface area contributed by atoms with E-state index in [1.165, 1.54) is 0 Å². The summed E-state index contributed by atoms with van der Waals surface area (Å²) in [7, 11) is -3.75. The summed E-state index contributed by atoms with van der Waals surface area (Å²) in [5, 5.41) is 2.64. The zero-order chi connectivity index (χ0) is 23.3. The lowest BCUT2D eigenvalue weighted by Crippen LogP contribution is -2.37. The Morgan fingerprint density at radius 1 is 0.938 bits per heavy atom. The summed E-state index contributed by atoms with van der Waals surface area (Å²) >= 11 is 0. The maximum atomic E-state index is 12.6. The van der Waals surface area contributed by atoms with E-state index in [4.69, 9.17) is 10.5 Å². The van der Waals surface area contributed by atoms with Gasteiger partial charge in [-0.2, -0.15) is 0 Å². The van der Waals surface area contributed by atoms with E-state index in [0.717, 1.165) is 10.6 Å². The molecule has 0 unspecified atom stereocenters. The second-order valence-corrected chi connectivity index (χ2v) is 8.98. The molecule has 2 amide bonds. The smallest absolute Gasteiger partial charge is 0.249 e. The molecule has 0 saturated heterocycles. The van der Waals surface area contributed by atoms with Crippen molar-refractivity contribution in [3.63, 3.8) is 0 Å². The predicted octanol–water partition coefficient (Wildman–Crippen LogP) is 3.29. The van der Waals surface area contributed by atoms with E-state index in [1.54, 1.807) is 61.5 Å². The van der Waals surface area contributed by atoms with E-state index in [9.17, 15) is 18.0 Å². The minimum Gasteiger partial charge on any atom is -0.457 e. The van der Waals surface area contributed by atoms with Gasteiger partial charge in [-0.05, 0) is 61.0 Å². The van der Waals surface area contributed by atoms with Crippen molar-refractivity contribution < 1.29 is 22.7 Å². The number of anilines is 2. The summed E-state index contributed by atoms with van der Waals surface area (Å²) in [6.07, 6.45) is 1.02. The second kappa shape index (κ2) is 9.52. The maximum absolute atomic E-state index is 12.6. The number of rotatable bonds is 8. The number of amides is 2. The third-order valence-electron chi connectivity index (χ3n) is 4.66. The van der Waals surface area contributed by atoms with E-state index >= 15 is 0 Å². The number of nitrogens with two attached hydrogens (primary N) is 1. The number of benzene rings is 3. The van der Waals surface area contributed by atoms with Crippen molar-refractivity contribution >= 4 is 33.2 Å². The lowest BCUT2D eigenvalue weighted by atomic mass is 10.1. The number of sulfonamides is 1. The van der Waals surface area contributed by atoms with E-state index in [1.807, 2.05) is 18.2 Å². The van der Waals surface area contributed by atoms with Crippen LogP contribution in [0.4, 0.5) is 11.4 Å². The van der Waals surface area contributed by atoms with Gasteiger partial charge in [0.25, 0.3) is 0 Å². The summed E-state index contributed by atoms with van der Waals surface area (Å²) in [6.45, 7) is 1.20. The number of ether oxygens (including phenoxy) is 1. The highest BCUT2D eigenvalue weighted by Crippen LogP contribution is 2.26. The van der Waals surface area contributed by atoms with Gasteiger partial charge in [-0.1, -0.05) is 24.3 Å². The predicted molar refractivity (Wildman–Crippen MR) is 123 cm³/mol. The topological polar surface area (TPSA) is 119 Å². The van der Waals surface area contributed by atoms with Gasteiger partial charge in [0.05, 0.1) is 11.9 Å². The molecule has 0 atom stereocenters. The summed E-state index contributed by atoms with van der Waals surface area (Å²) in [5.74, 6) is -0.0103. The minimum absolute atomic E-state index is 0.275. The molecule has 166 valence electrons. The highest BCUT2D eigenvalue weighted by atomic mass is 32.2. The lowest BCUT2D eigenvalue weighted by Gasteiger charge is -2.22. The second-order valence-electron chi connectivity index (χ2n) is 7.07. The van der Waals surface area contributed by atoms with Gasteiger partial charge in [0.2, 0.25) is 21.8 Å². The monoisotopic (exact) mass is 453 g/mol. The first-order valence-electron chi connectivity index (χ1n) is 9.65. The van der Waals surface area contributed by atoms with Crippen molar-refractivity contribution in [3.8, 4) is 11.5 Å². The van der Waals surface area contributed by atoms with Crippen LogP contribution in [-0.4, -0.2) is 33.0 Å². The minimum atomic E-state index is -3.75. The number of hydrogen-bond acceptors (Lipinski definition) is 5. The normalized spacial score (nSPS) is 10.9. The number of para-hydroxylation sites is 1. The van der Waals surface area contributed by atoms with Crippen molar-refractivity contribution in [2.75, 3.05) is 22.4 Å². The van der Waals surface area contributed by atoms with Crippen LogP contribution in [-0.2, 0) is 14.8 Å². The molecule has 0 bridgehead atoms. The van der Waals surface area contributed by atoms with Gasteiger partial charge in [0, 0.05) is 11.3 Å². The first-order valence-corrected chi connectivity index (χ1v) is 11.5. The molecule has 8 nitrogen and oxygen atoms in total. The van der Waals surface area contributed by atoms with Gasteiger partial charge < -0.3 is 15.8 Å². The summed E-state index contributed by atoms with van der Waals surface area (Å²) < 4.78 is 31.4. The number of nitrogens with one attached hydrogen (secondary N) is 1. The fraction of sp³-hybridized carbons (Fsp3) is 0.130. The highest BCUT2D eigenvalue weighted by molar-refractivity contribution is 7.92. The number of hydrogen-bond donors (Lipinski definition) is 2. The first-order chi connectivity index (χ1) is 15.1. The van der Waals surface area contributed by atoms with Gasteiger partial charge in [-0.25, -0.2) is 8.42 Å². The Labute approximate surface area is 186 Å². The Morgan fingerprint density at radius 2 is 1.56 bits per heavy atom. The van der Waals surface area contributed by atoms with Gasteiger partial charge in [-0.15, -0.1) is 0 Å². The molecule has 3 rings (SSSR count). The Morgan fingerprint density at radius 3 is 2.16 bits per heavy atom. The molecule has 0 heterocycles. The molecular formula is C23H23N3O5S. The molecule has 0 radical (unpaired) electrons. The van der Waals surface area contributed by atoms with E-state index in [2.05, 4.69) is 5.32 Å². The summed E-state index contributed by atoms with van der Waals surface area (Å²) in [6, 6.07) is 20.3. The van der Waals surface area contributed by atoms with Crippen LogP contribution in [0.3, 0.4) is 0 Å². The summed E-state index contributed by atoms with van der Waals surface area (Å²) in [5.41, 5.74) is 6.81. The molecule has 0 spiro atoms. The molecule has 3 aromatic rings. The average Bonchev–Trinajstić information content (AvgIpc) is 2.74. The van der Waals surface area contributed by atoms with Gasteiger partial charge >= 0.3 is 0 Å². The van der Waals surface area contributed by atoms with Crippen molar-refractivity contribution in [3.05, 3.63) is 83.9 Å². The molecule has 0 aliphatic rings. The fourth-order valence-electron chi connectivity index (χ4n) is 3.06. The molecule has 0 saturated carbocycles. The van der Waals surface area contributed by atoms with Gasteiger partial charge in [-0.3, -0.25) is 13.9 Å². The Balaban J connectivity index is 1.77. The molecule has 0 aliphatic heterocycles. The molecular weight excluding hydrogens is 430 g/mol. The SMILES string of the molecule is Cc1c(NC(=O)CN(c2ccc(Oc3ccccc3)cc2)S(C)(=O)=O)cccc1C(N)=O. The van der Waals surface area contributed by atoms with Gasteiger partial charge in [0.15, 0.2) is 0 Å². The Hall–Kier alpha value is -3.85. The van der Waals surface area contributed by atoms with Crippen molar-refractivity contribution in [1.82, 2.24) is 0 Å². The summed E-state index contributed by atoms with van der Waals surface area (Å²) in [4.78, 5) is 24.1. The molecule has 0 aliphatic carbocycles. The number of nitrogens with zero attached hydrogens (tertiary/aromatic N) is 1. The zero-order valence-electron chi connectivity index (χ0n) is 17.6. The van der Waals surface area contributed by atoms with E-state index in [-0.39, 0.29) is 5.56 Å². The molecule has 3 aromatic carbocycles. The van der Waals surface area contributed by atoms with Gasteiger partial charge in [0.1, 0.15) is 18.0 Å². The molecule has 9 heteroatoms. The van der Waals surface area contributed by atoms with Crippen LogP contribution in [0.2, 0.25) is 0 Å². The van der Waals surface area contributed by atoms with Crippen LogP contribution in [0.5, 0.6) is 11.5 Å². The Bertz CT molecular complexity index is 1230. The van der Waals surface area contributed by atoms with Crippen LogP contribution < -0.4 is 20.1 Å². The lowest BCUT2D eigenvalue weighted by molar-refractivity contribution is -0.114. The molecule has 0 fully saturated rings. The van der Waals surface area contributed by atoms with Crippen molar-refractivity contribution in [2.24, 2.45) is 5.73 Å². The average molecular weight is 454 g/mol. The van der Waals surface area contributed by atoms with E-state index in [0.29, 0.717) is 28.4 Å². The van der Waals surface area contributed by atoms with Crippen LogP contribution in [0.15, 0.2) is 72.8 Å². The third-order valence-corrected chi connectivity index (χ3v) is 5.81. The Kier molecular flexibility index (Phi) is 6.79. The molecule has 3 N–H and O–H groups in total. The molecule has 0 aromatic heterocycles. The maximum Gasteiger partial charge on any atom is 0.249 e. The van der Waals surface area contributed by atoms with E-state index < -0.39 is 28.4 Å². The van der Waals surface area contributed by atoms with Crippen LogP contribution in [0.1, 0.15) is 15.9 Å². The zero-order valence-corrected chi connectivity index (χ0v) is 18.4. The van der Waals surface area contributed by atoms with Crippen LogP contribution in [0, 0.1) is 6.92 Å². The van der Waals surface area contributed by atoms with Crippen LogP contribution >= 0.6 is 0 Å². The van der Waals surface area contributed by atoms with Crippen molar-refractivity contribution in [1.29, 1.82) is 0 Å². The number of carbonyl (C=O) groups excluding carboxylic acids is 2. The standard InChI is InChI=1S/C23H23N3O5S/c1-16-20(23(24)28)9-6-10-21(16)25-22(27)15-26(32(2,29)30)17-11-13-19(14-12-17)31-18-7-4-3-5-8-18/h3-14H,15H2,1-2H3,(H2,24,28)(H,25,27). The quantitative estimate of drug-likeness (QED) is 0.542. The van der Waals surface area contributed by atoms with Crippen LogP contribution in [0.25, 0.3) is 0 Å². The highest BCUT2D eigenvalue weighted by Gasteiger charge is 2.22. The number of primary amides is 1.